The van der Waals surface area contributed by atoms with Crippen LogP contribution >= 0.6 is 35.0 Å². The highest BCUT2D eigenvalue weighted by Gasteiger charge is 2.51. The fraction of sp³-hybridized carbons (Fsp3) is 0.600. The van der Waals surface area contributed by atoms with Crippen LogP contribution in [0.15, 0.2) is 29.2 Å². The van der Waals surface area contributed by atoms with Crippen molar-refractivity contribution in [2.24, 2.45) is 11.3 Å². The van der Waals surface area contributed by atoms with Crippen LogP contribution in [0.5, 0.6) is 0 Å². The fourth-order valence-electron chi connectivity index (χ4n) is 3.12. The van der Waals surface area contributed by atoms with Crippen LogP contribution in [-0.4, -0.2) is 58.0 Å². The van der Waals surface area contributed by atoms with Crippen LogP contribution in [0.2, 0.25) is 0 Å². The number of benzene rings is 1. The van der Waals surface area contributed by atoms with Crippen LogP contribution in [0, 0.1) is 11.3 Å². The minimum Gasteiger partial charge on any atom is -0.339 e. The van der Waals surface area contributed by atoms with Gasteiger partial charge in [0.05, 0.1) is 5.69 Å². The lowest BCUT2D eigenvalue weighted by Gasteiger charge is -2.37. The van der Waals surface area contributed by atoms with Gasteiger partial charge in [-0.2, -0.15) is 0 Å². The molecule has 1 unspecified atom stereocenters. The van der Waals surface area contributed by atoms with Gasteiger partial charge in [0.25, 0.3) is 0 Å². The normalized spacial score (nSPS) is 21.4. The molecule has 1 atom stereocenters. The first kappa shape index (κ1) is 21.6. The Bertz CT molecular complexity index is 743. The summed E-state index contributed by atoms with van der Waals surface area (Å²) in [6.07, 6.45) is 0.815. The van der Waals surface area contributed by atoms with Gasteiger partial charge in [0.1, 0.15) is 4.33 Å². The highest BCUT2D eigenvalue weighted by Crippen LogP contribution is 2.55. The Morgan fingerprint density at radius 2 is 1.71 bits per heavy atom. The number of piperazine rings is 1. The van der Waals surface area contributed by atoms with E-state index < -0.39 is 9.75 Å². The van der Waals surface area contributed by atoms with Gasteiger partial charge < -0.3 is 15.1 Å². The number of halogens is 2. The topological polar surface area (TPSA) is 52.7 Å². The fourth-order valence-corrected chi connectivity index (χ4v) is 5.06. The van der Waals surface area contributed by atoms with Gasteiger partial charge in [-0.15, -0.1) is 35.0 Å². The third-order valence-corrected chi connectivity index (χ3v) is 7.18. The number of carbonyl (C=O) groups is 2. The van der Waals surface area contributed by atoms with E-state index in [1.807, 2.05) is 49.9 Å². The second-order valence-electron chi connectivity index (χ2n) is 8.43. The quantitative estimate of drug-likeness (QED) is 0.541. The molecule has 1 aromatic carbocycles. The summed E-state index contributed by atoms with van der Waals surface area (Å²) in [5.41, 5.74) is 0.396. The van der Waals surface area contributed by atoms with E-state index in [1.165, 1.54) is 0 Å². The van der Waals surface area contributed by atoms with Crippen molar-refractivity contribution in [3.8, 4) is 0 Å². The monoisotopic (exact) mass is 443 g/mol. The van der Waals surface area contributed by atoms with Crippen molar-refractivity contribution in [3.63, 3.8) is 0 Å². The Morgan fingerprint density at radius 1 is 1.14 bits per heavy atom. The Kier molecular flexibility index (Phi) is 6.42. The zero-order chi connectivity index (χ0) is 20.5. The molecule has 1 heterocycles. The smallest absolute Gasteiger partial charge is 0.321 e. The number of rotatable bonds is 4. The van der Waals surface area contributed by atoms with Gasteiger partial charge in [-0.3, -0.25) is 4.79 Å². The molecular weight excluding hydrogens is 417 g/mol. The molecule has 3 rings (SSSR count). The van der Waals surface area contributed by atoms with Crippen molar-refractivity contribution < 1.29 is 9.59 Å². The van der Waals surface area contributed by atoms with Crippen molar-refractivity contribution in [2.45, 2.75) is 36.4 Å². The molecule has 3 amide bonds. The van der Waals surface area contributed by atoms with Crippen molar-refractivity contribution in [1.29, 1.82) is 0 Å². The molecule has 1 N–H and O–H groups in total. The molecule has 5 nitrogen and oxygen atoms in total. The summed E-state index contributed by atoms with van der Waals surface area (Å²) in [6, 6.07) is 7.63. The number of alkyl halides is 2. The van der Waals surface area contributed by atoms with E-state index in [-0.39, 0.29) is 17.9 Å². The maximum atomic E-state index is 12.7. The number of hydrogen-bond donors (Lipinski definition) is 1. The van der Waals surface area contributed by atoms with Crippen molar-refractivity contribution >= 4 is 52.6 Å². The van der Waals surface area contributed by atoms with E-state index in [0.717, 1.165) is 22.8 Å². The van der Waals surface area contributed by atoms with Gasteiger partial charge in [-0.05, 0) is 18.6 Å². The largest absolute Gasteiger partial charge is 0.339 e. The van der Waals surface area contributed by atoms with E-state index in [9.17, 15) is 9.59 Å². The van der Waals surface area contributed by atoms with Crippen LogP contribution in [0.3, 0.4) is 0 Å². The van der Waals surface area contributed by atoms with Crippen molar-refractivity contribution in [1.82, 2.24) is 9.80 Å². The van der Waals surface area contributed by atoms with E-state index in [1.54, 1.807) is 16.7 Å². The maximum absolute atomic E-state index is 12.7. The molecule has 2 aliphatic rings. The first-order valence-electron chi connectivity index (χ1n) is 9.53. The number of hydrogen-bond acceptors (Lipinski definition) is 3. The van der Waals surface area contributed by atoms with Gasteiger partial charge in [0, 0.05) is 48.2 Å². The number of anilines is 1. The summed E-state index contributed by atoms with van der Waals surface area (Å²) in [5.74, 6) is 1.25. The van der Waals surface area contributed by atoms with E-state index >= 15 is 0 Å². The molecule has 1 saturated carbocycles. The minimum atomic E-state index is -0.588. The predicted octanol–water partition coefficient (Wildman–Crippen LogP) is 4.69. The van der Waals surface area contributed by atoms with Crippen molar-refractivity contribution in [3.05, 3.63) is 24.3 Å². The van der Waals surface area contributed by atoms with Crippen LogP contribution < -0.4 is 5.32 Å². The van der Waals surface area contributed by atoms with E-state index in [0.29, 0.717) is 26.2 Å². The standard InChI is InChI=1S/C20H27Cl2N3O2S/c1-19(2,3)17(26)24-8-10-25(11-9-24)18(27)23-15-6-4-5-7-16(15)28-13-14-12-20(14,21)22/h4-7,14H,8-13H2,1-3H3,(H,23,27). The number of carbonyl (C=O) groups excluding carboxylic acids is 2. The third-order valence-electron chi connectivity index (χ3n) is 5.02. The highest BCUT2D eigenvalue weighted by molar-refractivity contribution is 7.99. The Morgan fingerprint density at radius 3 is 2.29 bits per heavy atom. The molecule has 8 heteroatoms. The average Bonchev–Trinajstić information content (AvgIpc) is 3.26. The van der Waals surface area contributed by atoms with Crippen molar-refractivity contribution in [2.75, 3.05) is 37.2 Å². The first-order chi connectivity index (χ1) is 13.1. The summed E-state index contributed by atoms with van der Waals surface area (Å²) in [5, 5.41) is 3.02. The van der Waals surface area contributed by atoms with E-state index in [2.05, 4.69) is 5.32 Å². The van der Waals surface area contributed by atoms with Gasteiger partial charge in [-0.25, -0.2) is 4.79 Å². The predicted molar refractivity (Wildman–Crippen MR) is 116 cm³/mol. The molecule has 1 saturated heterocycles. The first-order valence-corrected chi connectivity index (χ1v) is 11.3. The molecule has 2 fully saturated rings. The maximum Gasteiger partial charge on any atom is 0.321 e. The second kappa shape index (κ2) is 8.33. The average molecular weight is 444 g/mol. The minimum absolute atomic E-state index is 0.129. The molecule has 28 heavy (non-hydrogen) atoms. The van der Waals surface area contributed by atoms with Crippen LogP contribution in [-0.2, 0) is 4.79 Å². The number of para-hydroxylation sites is 1. The molecule has 1 aliphatic heterocycles. The lowest BCUT2D eigenvalue weighted by atomic mass is 9.94. The molecule has 154 valence electrons. The number of urea groups is 1. The Labute approximate surface area is 181 Å². The van der Waals surface area contributed by atoms with Crippen LogP contribution in [0.1, 0.15) is 27.2 Å². The van der Waals surface area contributed by atoms with Gasteiger partial charge in [-0.1, -0.05) is 32.9 Å². The summed E-state index contributed by atoms with van der Waals surface area (Å²) in [4.78, 5) is 29.7. The number of thioether (sulfide) groups is 1. The summed E-state index contributed by atoms with van der Waals surface area (Å²) in [7, 11) is 0. The van der Waals surface area contributed by atoms with Gasteiger partial charge in [0.15, 0.2) is 0 Å². The van der Waals surface area contributed by atoms with Gasteiger partial charge >= 0.3 is 6.03 Å². The molecule has 0 bridgehead atoms. The summed E-state index contributed by atoms with van der Waals surface area (Å²) < 4.78 is -0.588. The Balaban J connectivity index is 1.53. The number of nitrogens with one attached hydrogen (secondary N) is 1. The lowest BCUT2D eigenvalue weighted by Crippen LogP contribution is -2.53. The van der Waals surface area contributed by atoms with Crippen LogP contribution in [0.4, 0.5) is 10.5 Å². The van der Waals surface area contributed by atoms with E-state index in [4.69, 9.17) is 23.2 Å². The third kappa shape index (κ3) is 5.28. The summed E-state index contributed by atoms with van der Waals surface area (Å²) in [6.45, 7) is 7.96. The molecule has 0 aromatic heterocycles. The zero-order valence-corrected chi connectivity index (χ0v) is 18.8. The molecule has 0 radical (unpaired) electrons. The van der Waals surface area contributed by atoms with Gasteiger partial charge in [0.2, 0.25) is 5.91 Å². The zero-order valence-electron chi connectivity index (χ0n) is 16.5. The summed E-state index contributed by atoms with van der Waals surface area (Å²) >= 11 is 13.9. The molecule has 1 aliphatic carbocycles. The SMILES string of the molecule is CC(C)(C)C(=O)N1CCN(C(=O)Nc2ccccc2SCC2CC2(Cl)Cl)CC1. The Hall–Kier alpha value is -1.11. The molecule has 1 aromatic rings. The molecule has 0 spiro atoms. The lowest BCUT2D eigenvalue weighted by molar-refractivity contribution is -0.140. The number of amides is 3. The second-order valence-corrected chi connectivity index (χ2v) is 11.0. The molecular formula is C20H27Cl2N3O2S. The highest BCUT2D eigenvalue weighted by atomic mass is 35.5. The van der Waals surface area contributed by atoms with Crippen LogP contribution in [0.25, 0.3) is 0 Å². The number of nitrogens with zero attached hydrogens (tertiary/aromatic N) is 2.